The van der Waals surface area contributed by atoms with Crippen LogP contribution >= 0.6 is 0 Å². The number of likely N-dealkylation sites (tertiary alicyclic amines) is 1. The molecule has 4 rings (SSSR count). The number of piperidine rings is 1. The minimum Gasteiger partial charge on any atom is -0.338 e. The van der Waals surface area contributed by atoms with Gasteiger partial charge in [-0.1, -0.05) is 0 Å². The fourth-order valence-electron chi connectivity index (χ4n) is 3.67. The van der Waals surface area contributed by atoms with Crippen LogP contribution in [-0.4, -0.2) is 38.4 Å². The molecule has 0 aliphatic carbocycles. The third-order valence-electron chi connectivity index (χ3n) is 4.87. The first-order valence-electron chi connectivity index (χ1n) is 8.68. The van der Waals surface area contributed by atoms with Crippen LogP contribution in [0.25, 0.3) is 10.9 Å². The molecule has 1 fully saturated rings. The van der Waals surface area contributed by atoms with E-state index in [0.29, 0.717) is 35.5 Å². The van der Waals surface area contributed by atoms with Crippen LogP contribution in [0.2, 0.25) is 0 Å². The lowest BCUT2D eigenvalue weighted by molar-refractivity contribution is 0.0664. The van der Waals surface area contributed by atoms with Crippen LogP contribution in [0.1, 0.15) is 23.2 Å². The van der Waals surface area contributed by atoms with Crippen molar-refractivity contribution in [3.8, 4) is 0 Å². The molecule has 0 unspecified atom stereocenters. The van der Waals surface area contributed by atoms with E-state index < -0.39 is 11.4 Å². The Morgan fingerprint density at radius 1 is 1.35 bits per heavy atom. The zero-order valence-corrected chi connectivity index (χ0v) is 14.2. The zero-order valence-electron chi connectivity index (χ0n) is 14.2. The highest BCUT2D eigenvalue weighted by Gasteiger charge is 2.26. The van der Waals surface area contributed by atoms with Crippen molar-refractivity contribution in [3.63, 3.8) is 0 Å². The number of pyridine rings is 1. The van der Waals surface area contributed by atoms with Crippen molar-refractivity contribution in [3.05, 3.63) is 64.7 Å². The summed E-state index contributed by atoms with van der Waals surface area (Å²) < 4.78 is 15.5. The third-order valence-corrected chi connectivity index (χ3v) is 4.87. The Balaban J connectivity index is 1.61. The largest absolute Gasteiger partial charge is 0.338 e. The molecule has 0 saturated carbocycles. The molecule has 3 aromatic rings. The number of nitrogens with one attached hydrogen (secondary N) is 1. The predicted octanol–water partition coefficient (Wildman–Crippen LogP) is 2.42. The van der Waals surface area contributed by atoms with Crippen LogP contribution in [0.3, 0.4) is 0 Å². The Kier molecular flexibility index (Phi) is 4.28. The molecule has 6 nitrogen and oxygen atoms in total. The summed E-state index contributed by atoms with van der Waals surface area (Å²) in [5.41, 5.74) is 0.262. The maximum absolute atomic E-state index is 13.5. The first-order chi connectivity index (χ1) is 12.6. The summed E-state index contributed by atoms with van der Waals surface area (Å²) in [5.74, 6) is -0.285. The van der Waals surface area contributed by atoms with Gasteiger partial charge in [0.05, 0.1) is 17.4 Å². The number of imidazole rings is 1. The second kappa shape index (κ2) is 6.74. The Morgan fingerprint density at radius 2 is 2.23 bits per heavy atom. The Bertz CT molecular complexity index is 996. The molecule has 134 valence electrons. The summed E-state index contributed by atoms with van der Waals surface area (Å²) in [6.07, 6.45) is 7.40. The fraction of sp³-hybridized carbons (Fsp3) is 0.316. The molecular weight excluding hydrogens is 335 g/mol. The Labute approximate surface area is 149 Å². The van der Waals surface area contributed by atoms with E-state index in [2.05, 4.69) is 9.97 Å². The lowest BCUT2D eigenvalue weighted by Crippen LogP contribution is -2.41. The molecule has 1 saturated heterocycles. The van der Waals surface area contributed by atoms with E-state index in [9.17, 15) is 14.0 Å². The third kappa shape index (κ3) is 3.24. The van der Waals surface area contributed by atoms with Crippen LogP contribution in [0.15, 0.2) is 47.8 Å². The summed E-state index contributed by atoms with van der Waals surface area (Å²) in [6, 6.07) is 5.39. The van der Waals surface area contributed by atoms with E-state index in [-0.39, 0.29) is 5.91 Å². The van der Waals surface area contributed by atoms with Crippen molar-refractivity contribution in [1.29, 1.82) is 0 Å². The second-order valence-electron chi connectivity index (χ2n) is 6.76. The van der Waals surface area contributed by atoms with Gasteiger partial charge in [0.1, 0.15) is 5.82 Å². The molecule has 26 heavy (non-hydrogen) atoms. The average molecular weight is 354 g/mol. The Hall–Kier alpha value is -2.96. The van der Waals surface area contributed by atoms with Crippen molar-refractivity contribution >= 4 is 16.8 Å². The number of aromatic nitrogens is 3. The topological polar surface area (TPSA) is 71.0 Å². The minimum absolute atomic E-state index is 0.178. The van der Waals surface area contributed by atoms with Crippen molar-refractivity contribution < 1.29 is 9.18 Å². The van der Waals surface area contributed by atoms with Gasteiger partial charge < -0.3 is 14.5 Å². The predicted molar refractivity (Wildman–Crippen MR) is 95.4 cm³/mol. The SMILES string of the molecule is O=C(c1cc(=O)[nH]c2cc(F)ccc12)N1CCC[C@@H](Cn2ccnc2)C1. The van der Waals surface area contributed by atoms with Crippen molar-refractivity contribution in [2.24, 2.45) is 5.92 Å². The summed E-state index contributed by atoms with van der Waals surface area (Å²) in [4.78, 5) is 33.4. The first-order valence-corrected chi connectivity index (χ1v) is 8.68. The number of aromatic amines is 1. The lowest BCUT2D eigenvalue weighted by Gasteiger charge is -2.33. The van der Waals surface area contributed by atoms with Gasteiger partial charge in [-0.05, 0) is 37.0 Å². The molecule has 1 aromatic carbocycles. The highest BCUT2D eigenvalue weighted by molar-refractivity contribution is 6.06. The quantitative estimate of drug-likeness (QED) is 0.785. The van der Waals surface area contributed by atoms with Gasteiger partial charge in [0, 0.05) is 43.5 Å². The average Bonchev–Trinajstić information content (AvgIpc) is 3.13. The number of carbonyl (C=O) groups is 1. The molecule has 1 atom stereocenters. The van der Waals surface area contributed by atoms with E-state index in [1.807, 2.05) is 10.8 Å². The smallest absolute Gasteiger partial charge is 0.254 e. The van der Waals surface area contributed by atoms with E-state index in [1.165, 1.54) is 18.2 Å². The van der Waals surface area contributed by atoms with Gasteiger partial charge >= 0.3 is 0 Å². The normalized spacial score (nSPS) is 17.6. The molecule has 3 heterocycles. The van der Waals surface area contributed by atoms with Crippen molar-refractivity contribution in [2.45, 2.75) is 19.4 Å². The number of hydrogen-bond donors (Lipinski definition) is 1. The van der Waals surface area contributed by atoms with E-state index in [1.54, 1.807) is 23.5 Å². The maximum atomic E-state index is 13.5. The molecule has 0 spiro atoms. The summed E-state index contributed by atoms with van der Waals surface area (Å²) in [6.45, 7) is 2.10. The number of hydrogen-bond acceptors (Lipinski definition) is 3. The maximum Gasteiger partial charge on any atom is 0.254 e. The van der Waals surface area contributed by atoms with Gasteiger partial charge in [0.15, 0.2) is 0 Å². The summed E-state index contributed by atoms with van der Waals surface area (Å²) in [5, 5.41) is 0.563. The minimum atomic E-state index is -0.448. The summed E-state index contributed by atoms with van der Waals surface area (Å²) >= 11 is 0. The van der Waals surface area contributed by atoms with Gasteiger partial charge in [0.25, 0.3) is 5.91 Å². The van der Waals surface area contributed by atoms with Crippen LogP contribution in [-0.2, 0) is 6.54 Å². The highest BCUT2D eigenvalue weighted by atomic mass is 19.1. The van der Waals surface area contributed by atoms with Crippen molar-refractivity contribution in [1.82, 2.24) is 19.4 Å². The number of H-pyrrole nitrogens is 1. The number of nitrogens with zero attached hydrogens (tertiary/aromatic N) is 3. The second-order valence-corrected chi connectivity index (χ2v) is 6.76. The van der Waals surface area contributed by atoms with Crippen molar-refractivity contribution in [2.75, 3.05) is 13.1 Å². The van der Waals surface area contributed by atoms with Crippen LogP contribution < -0.4 is 5.56 Å². The van der Waals surface area contributed by atoms with E-state index in [0.717, 1.165) is 19.4 Å². The fourth-order valence-corrected chi connectivity index (χ4v) is 3.67. The lowest BCUT2D eigenvalue weighted by atomic mass is 9.96. The number of rotatable bonds is 3. The summed E-state index contributed by atoms with van der Waals surface area (Å²) in [7, 11) is 0. The molecule has 0 bridgehead atoms. The molecule has 2 aromatic heterocycles. The van der Waals surface area contributed by atoms with Crippen LogP contribution in [0.4, 0.5) is 4.39 Å². The number of carbonyl (C=O) groups excluding carboxylic acids is 1. The van der Waals surface area contributed by atoms with Gasteiger partial charge in [-0.25, -0.2) is 9.37 Å². The molecule has 1 N–H and O–H groups in total. The van der Waals surface area contributed by atoms with Crippen LogP contribution in [0.5, 0.6) is 0 Å². The highest BCUT2D eigenvalue weighted by Crippen LogP contribution is 2.23. The van der Waals surface area contributed by atoms with E-state index in [4.69, 9.17) is 0 Å². The molecule has 7 heteroatoms. The first kappa shape index (κ1) is 16.5. The van der Waals surface area contributed by atoms with Gasteiger partial charge in [-0.3, -0.25) is 9.59 Å². The molecule has 1 amide bonds. The number of benzene rings is 1. The molecule has 1 aliphatic rings. The van der Waals surface area contributed by atoms with E-state index >= 15 is 0 Å². The molecule has 1 aliphatic heterocycles. The monoisotopic (exact) mass is 354 g/mol. The number of halogens is 1. The zero-order chi connectivity index (χ0) is 18.1. The molecule has 0 radical (unpaired) electrons. The standard InChI is InChI=1S/C19H19FN4O2/c20-14-3-4-15-16(9-18(25)22-17(15)8-14)19(26)24-6-1-2-13(11-24)10-23-7-5-21-12-23/h3-5,7-9,12-13H,1-2,6,10-11H2,(H,22,25)/t13-/m0/s1. The van der Waals surface area contributed by atoms with Crippen LogP contribution in [0, 0.1) is 11.7 Å². The van der Waals surface area contributed by atoms with Gasteiger partial charge in [-0.15, -0.1) is 0 Å². The van der Waals surface area contributed by atoms with Gasteiger partial charge in [0.2, 0.25) is 5.56 Å². The number of amides is 1. The number of fused-ring (bicyclic) bond motifs is 1. The molecular formula is C19H19FN4O2. The Morgan fingerprint density at radius 3 is 3.04 bits per heavy atom. The van der Waals surface area contributed by atoms with Gasteiger partial charge in [-0.2, -0.15) is 0 Å².